The molecule has 3 rings (SSSR count). The molecule has 0 fully saturated rings. The lowest BCUT2D eigenvalue weighted by molar-refractivity contribution is 0.899. The highest BCUT2D eigenvalue weighted by atomic mass is 15.3. The summed E-state index contributed by atoms with van der Waals surface area (Å²) in [5, 5.41) is 11.3. The molecule has 0 radical (unpaired) electrons. The average Bonchev–Trinajstić information content (AvgIpc) is 2.85. The molecule has 0 unspecified atom stereocenters. The van der Waals surface area contributed by atoms with Crippen LogP contribution in [0.2, 0.25) is 0 Å². The molecule has 22 heavy (non-hydrogen) atoms. The van der Waals surface area contributed by atoms with Crippen molar-refractivity contribution in [2.75, 3.05) is 23.7 Å². The first-order valence-electron chi connectivity index (χ1n) is 7.36. The standard InChI is InChI=1S/C16H20N6/c1-11-10-17-5-4-14(11)18-6-7-19-15-8-12(2)20-16-9-13(3)21-22(15)16/h4-5,8-10,19H,6-7H2,1-3H3,(H,17,18). The number of fused-ring (bicyclic) bond motifs is 1. The number of rotatable bonds is 5. The Morgan fingerprint density at radius 1 is 1.05 bits per heavy atom. The van der Waals surface area contributed by atoms with E-state index in [2.05, 4.69) is 25.7 Å². The van der Waals surface area contributed by atoms with E-state index in [-0.39, 0.29) is 0 Å². The quantitative estimate of drug-likeness (QED) is 0.708. The summed E-state index contributed by atoms with van der Waals surface area (Å²) >= 11 is 0. The van der Waals surface area contributed by atoms with Gasteiger partial charge in [0.1, 0.15) is 5.82 Å². The van der Waals surface area contributed by atoms with Crippen molar-refractivity contribution in [3.05, 3.63) is 47.5 Å². The van der Waals surface area contributed by atoms with Crippen LogP contribution in [-0.2, 0) is 0 Å². The molecule has 0 spiro atoms. The van der Waals surface area contributed by atoms with Gasteiger partial charge in [-0.15, -0.1) is 0 Å². The Kier molecular flexibility index (Phi) is 3.91. The maximum absolute atomic E-state index is 4.48. The number of hydrogen-bond acceptors (Lipinski definition) is 5. The monoisotopic (exact) mass is 296 g/mol. The van der Waals surface area contributed by atoms with E-state index >= 15 is 0 Å². The SMILES string of the molecule is Cc1cc(NCCNc2ccncc2C)n2nc(C)cc2n1. The van der Waals surface area contributed by atoms with Crippen molar-refractivity contribution in [3.63, 3.8) is 0 Å². The molecule has 114 valence electrons. The molecule has 3 aromatic heterocycles. The highest BCUT2D eigenvalue weighted by molar-refractivity contribution is 5.51. The molecule has 0 amide bonds. The molecule has 0 saturated heterocycles. The Balaban J connectivity index is 1.66. The van der Waals surface area contributed by atoms with Crippen LogP contribution in [0, 0.1) is 20.8 Å². The minimum atomic E-state index is 0.791. The van der Waals surface area contributed by atoms with Gasteiger partial charge in [-0.3, -0.25) is 4.98 Å². The highest BCUT2D eigenvalue weighted by Crippen LogP contribution is 2.14. The lowest BCUT2D eigenvalue weighted by atomic mass is 10.2. The molecule has 0 atom stereocenters. The van der Waals surface area contributed by atoms with Crippen molar-refractivity contribution in [1.82, 2.24) is 19.6 Å². The Morgan fingerprint density at radius 2 is 1.86 bits per heavy atom. The molecule has 0 bridgehead atoms. The highest BCUT2D eigenvalue weighted by Gasteiger charge is 2.05. The number of aryl methyl sites for hydroxylation is 3. The number of hydrogen-bond donors (Lipinski definition) is 2. The number of nitrogens with one attached hydrogen (secondary N) is 2. The normalized spacial score (nSPS) is 10.9. The van der Waals surface area contributed by atoms with E-state index in [1.54, 1.807) is 6.20 Å². The topological polar surface area (TPSA) is 67.1 Å². The fraction of sp³-hybridized carbons (Fsp3) is 0.312. The van der Waals surface area contributed by atoms with Gasteiger partial charge < -0.3 is 10.6 Å². The molecule has 0 aliphatic rings. The lowest BCUT2D eigenvalue weighted by Gasteiger charge is -2.11. The summed E-state index contributed by atoms with van der Waals surface area (Å²) in [6, 6.07) is 5.98. The molecular weight excluding hydrogens is 276 g/mol. The van der Waals surface area contributed by atoms with Crippen molar-refractivity contribution < 1.29 is 0 Å². The van der Waals surface area contributed by atoms with Crippen LogP contribution < -0.4 is 10.6 Å². The molecule has 0 aliphatic carbocycles. The molecule has 6 heteroatoms. The third kappa shape index (κ3) is 3.00. The Bertz CT molecular complexity index is 792. The van der Waals surface area contributed by atoms with Crippen molar-refractivity contribution in [1.29, 1.82) is 0 Å². The Labute approximate surface area is 129 Å². The minimum Gasteiger partial charge on any atom is -0.383 e. The van der Waals surface area contributed by atoms with Crippen LogP contribution in [0.1, 0.15) is 17.0 Å². The fourth-order valence-corrected chi connectivity index (χ4v) is 2.40. The van der Waals surface area contributed by atoms with Crippen molar-refractivity contribution >= 4 is 17.2 Å². The zero-order chi connectivity index (χ0) is 15.5. The summed E-state index contributed by atoms with van der Waals surface area (Å²) in [5.41, 5.74) is 5.08. The third-order valence-corrected chi connectivity index (χ3v) is 3.44. The van der Waals surface area contributed by atoms with Gasteiger partial charge in [0.05, 0.1) is 5.69 Å². The van der Waals surface area contributed by atoms with Crippen molar-refractivity contribution in [2.45, 2.75) is 20.8 Å². The fourth-order valence-electron chi connectivity index (χ4n) is 2.40. The van der Waals surface area contributed by atoms with Gasteiger partial charge in [-0.1, -0.05) is 0 Å². The number of pyridine rings is 1. The van der Waals surface area contributed by atoms with Gasteiger partial charge in [0.2, 0.25) is 0 Å². The maximum Gasteiger partial charge on any atom is 0.157 e. The second-order valence-corrected chi connectivity index (χ2v) is 5.38. The van der Waals surface area contributed by atoms with Gasteiger partial charge >= 0.3 is 0 Å². The van der Waals surface area contributed by atoms with E-state index in [9.17, 15) is 0 Å². The van der Waals surface area contributed by atoms with Crippen LogP contribution >= 0.6 is 0 Å². The second-order valence-electron chi connectivity index (χ2n) is 5.38. The summed E-state index contributed by atoms with van der Waals surface area (Å²) in [6.45, 7) is 7.62. The lowest BCUT2D eigenvalue weighted by Crippen LogP contribution is -2.16. The van der Waals surface area contributed by atoms with Crippen molar-refractivity contribution in [2.24, 2.45) is 0 Å². The van der Waals surface area contributed by atoms with Gasteiger partial charge in [-0.05, 0) is 32.4 Å². The summed E-state index contributed by atoms with van der Waals surface area (Å²) in [5.74, 6) is 0.962. The van der Waals surface area contributed by atoms with Crippen LogP contribution in [0.4, 0.5) is 11.5 Å². The summed E-state index contributed by atoms with van der Waals surface area (Å²) in [7, 11) is 0. The van der Waals surface area contributed by atoms with Gasteiger partial charge in [-0.2, -0.15) is 9.61 Å². The molecule has 3 heterocycles. The van der Waals surface area contributed by atoms with Crippen LogP contribution in [0.3, 0.4) is 0 Å². The molecule has 6 nitrogen and oxygen atoms in total. The number of aromatic nitrogens is 4. The average molecular weight is 296 g/mol. The van der Waals surface area contributed by atoms with E-state index in [1.807, 2.05) is 49.7 Å². The van der Waals surface area contributed by atoms with E-state index in [0.29, 0.717) is 0 Å². The number of anilines is 2. The second kappa shape index (κ2) is 6.01. The zero-order valence-electron chi connectivity index (χ0n) is 13.1. The summed E-state index contributed by atoms with van der Waals surface area (Å²) in [4.78, 5) is 8.58. The molecule has 0 aromatic carbocycles. The molecule has 0 saturated carbocycles. The van der Waals surface area contributed by atoms with E-state index in [0.717, 1.165) is 47.2 Å². The molecule has 3 aromatic rings. The van der Waals surface area contributed by atoms with E-state index < -0.39 is 0 Å². The predicted octanol–water partition coefficient (Wildman–Crippen LogP) is 2.57. The molecular formula is C16H20N6. The van der Waals surface area contributed by atoms with Crippen molar-refractivity contribution in [3.8, 4) is 0 Å². The van der Waals surface area contributed by atoms with Gasteiger partial charge in [0, 0.05) is 49.0 Å². The first-order valence-corrected chi connectivity index (χ1v) is 7.36. The zero-order valence-corrected chi connectivity index (χ0v) is 13.1. The largest absolute Gasteiger partial charge is 0.383 e. The van der Waals surface area contributed by atoms with Crippen LogP contribution in [0.5, 0.6) is 0 Å². The number of nitrogens with zero attached hydrogens (tertiary/aromatic N) is 4. The first kappa shape index (κ1) is 14.3. The van der Waals surface area contributed by atoms with Crippen LogP contribution in [-0.4, -0.2) is 32.7 Å². The van der Waals surface area contributed by atoms with Gasteiger partial charge in [-0.25, -0.2) is 4.98 Å². The Hall–Kier alpha value is -2.63. The first-order chi connectivity index (χ1) is 10.6. The van der Waals surface area contributed by atoms with Crippen LogP contribution in [0.25, 0.3) is 5.65 Å². The Morgan fingerprint density at radius 3 is 2.68 bits per heavy atom. The van der Waals surface area contributed by atoms with E-state index in [1.165, 1.54) is 0 Å². The minimum absolute atomic E-state index is 0.791. The summed E-state index contributed by atoms with van der Waals surface area (Å²) in [6.07, 6.45) is 3.66. The predicted molar refractivity (Wildman–Crippen MR) is 88.4 cm³/mol. The third-order valence-electron chi connectivity index (χ3n) is 3.44. The summed E-state index contributed by atoms with van der Waals surface area (Å²) < 4.78 is 1.85. The molecule has 0 aliphatic heterocycles. The van der Waals surface area contributed by atoms with Gasteiger partial charge in [0.25, 0.3) is 0 Å². The van der Waals surface area contributed by atoms with Crippen LogP contribution in [0.15, 0.2) is 30.6 Å². The smallest absolute Gasteiger partial charge is 0.157 e. The molecule has 2 N–H and O–H groups in total. The maximum atomic E-state index is 4.48. The van der Waals surface area contributed by atoms with E-state index in [4.69, 9.17) is 0 Å². The van der Waals surface area contributed by atoms with Gasteiger partial charge in [0.15, 0.2) is 5.65 Å².